The fraction of sp³-hybridized carbons (Fsp3) is 0.417. The average Bonchev–Trinajstić information content (AvgIpc) is 3.24. The van der Waals surface area contributed by atoms with E-state index in [0.29, 0.717) is 24.2 Å². The van der Waals surface area contributed by atoms with Crippen molar-refractivity contribution in [2.24, 2.45) is 5.92 Å². The zero-order valence-electron chi connectivity index (χ0n) is 18.0. The lowest BCUT2D eigenvalue weighted by Crippen LogP contribution is -2.20. The molecule has 166 valence electrons. The lowest BCUT2D eigenvalue weighted by molar-refractivity contribution is -0.115. The summed E-state index contributed by atoms with van der Waals surface area (Å²) in [6.07, 6.45) is 9.90. The van der Waals surface area contributed by atoms with E-state index in [1.807, 2.05) is 29.6 Å². The van der Waals surface area contributed by atoms with Crippen molar-refractivity contribution >= 4 is 27.9 Å². The molecule has 0 bridgehead atoms. The van der Waals surface area contributed by atoms with Crippen LogP contribution in [0.25, 0.3) is 5.57 Å². The Hall–Kier alpha value is -2.48. The van der Waals surface area contributed by atoms with E-state index in [9.17, 15) is 4.79 Å². The Morgan fingerprint density at radius 3 is 3.03 bits per heavy atom. The van der Waals surface area contributed by atoms with Crippen molar-refractivity contribution in [2.45, 2.75) is 32.6 Å². The molecule has 0 aliphatic heterocycles. The van der Waals surface area contributed by atoms with Crippen molar-refractivity contribution in [3.05, 3.63) is 59.1 Å². The van der Waals surface area contributed by atoms with Gasteiger partial charge in [-0.1, -0.05) is 37.3 Å². The van der Waals surface area contributed by atoms with Crippen LogP contribution in [0.5, 0.6) is 5.75 Å². The van der Waals surface area contributed by atoms with Crippen molar-refractivity contribution < 1.29 is 14.6 Å². The Morgan fingerprint density at radius 2 is 2.26 bits per heavy atom. The normalized spacial score (nSPS) is 15.5. The molecular weight excluding hydrogens is 410 g/mol. The Bertz CT molecular complexity index is 907. The van der Waals surface area contributed by atoms with Gasteiger partial charge in [-0.05, 0) is 55.0 Å². The van der Waals surface area contributed by atoms with Gasteiger partial charge >= 0.3 is 0 Å². The highest BCUT2D eigenvalue weighted by Gasteiger charge is 2.12. The highest BCUT2D eigenvalue weighted by atomic mass is 32.1. The first-order valence-electron chi connectivity index (χ1n) is 10.9. The number of aliphatic hydroxyl groups excluding tert-OH is 1. The van der Waals surface area contributed by atoms with Gasteiger partial charge in [0.2, 0.25) is 5.91 Å². The SMILES string of the molecule is CCC1C=CC(c2csc(NC(=O)Cc3cccc(OCCCNCCO)c3)n2)=CC1. The van der Waals surface area contributed by atoms with Crippen LogP contribution in [-0.4, -0.2) is 42.3 Å². The third-order valence-electron chi connectivity index (χ3n) is 5.08. The third kappa shape index (κ3) is 7.61. The van der Waals surface area contributed by atoms with Gasteiger partial charge in [0, 0.05) is 11.9 Å². The van der Waals surface area contributed by atoms with Gasteiger partial charge in [-0.25, -0.2) is 4.98 Å². The van der Waals surface area contributed by atoms with Crippen LogP contribution in [0.1, 0.15) is 37.4 Å². The van der Waals surface area contributed by atoms with E-state index < -0.39 is 0 Å². The van der Waals surface area contributed by atoms with Crippen LogP contribution in [0, 0.1) is 5.92 Å². The first-order valence-corrected chi connectivity index (χ1v) is 11.7. The molecule has 1 aromatic carbocycles. The summed E-state index contributed by atoms with van der Waals surface area (Å²) in [5.41, 5.74) is 2.93. The fourth-order valence-electron chi connectivity index (χ4n) is 3.31. The standard InChI is InChI=1S/C24H31N3O3S/c1-2-18-7-9-20(10-8-18)22-17-31-24(26-22)27-23(29)16-19-5-3-6-21(15-19)30-14-4-11-25-12-13-28/h3,5-7,9-10,15,17-18,25,28H,2,4,8,11-14,16H2,1H3,(H,26,27,29). The number of anilines is 1. The summed E-state index contributed by atoms with van der Waals surface area (Å²) in [6.45, 7) is 4.31. The van der Waals surface area contributed by atoms with Gasteiger partial charge in [-0.3, -0.25) is 4.79 Å². The van der Waals surface area contributed by atoms with Crippen molar-refractivity contribution in [2.75, 3.05) is 31.6 Å². The molecule has 1 heterocycles. The smallest absolute Gasteiger partial charge is 0.230 e. The Kier molecular flexibility index (Phi) is 9.27. The van der Waals surface area contributed by atoms with Crippen molar-refractivity contribution in [3.8, 4) is 5.75 Å². The van der Waals surface area contributed by atoms with E-state index in [1.165, 1.54) is 11.3 Å². The summed E-state index contributed by atoms with van der Waals surface area (Å²) in [6, 6.07) is 7.61. The number of carbonyl (C=O) groups is 1. The average molecular weight is 442 g/mol. The lowest BCUT2D eigenvalue weighted by Gasteiger charge is -2.12. The van der Waals surface area contributed by atoms with Crippen LogP contribution in [-0.2, 0) is 11.2 Å². The van der Waals surface area contributed by atoms with Gasteiger partial charge in [-0.2, -0.15) is 0 Å². The second-order valence-corrected chi connectivity index (χ2v) is 8.37. The van der Waals surface area contributed by atoms with E-state index >= 15 is 0 Å². The first kappa shape index (κ1) is 23.2. The molecule has 1 amide bonds. The van der Waals surface area contributed by atoms with Crippen LogP contribution in [0.3, 0.4) is 0 Å². The fourth-order valence-corrected chi connectivity index (χ4v) is 4.04. The minimum atomic E-state index is -0.0922. The number of benzene rings is 1. The highest BCUT2D eigenvalue weighted by molar-refractivity contribution is 7.14. The minimum absolute atomic E-state index is 0.0922. The zero-order valence-corrected chi connectivity index (χ0v) is 18.8. The lowest BCUT2D eigenvalue weighted by atomic mass is 9.94. The number of ether oxygens (including phenoxy) is 1. The molecule has 3 N–H and O–H groups in total. The molecule has 1 aliphatic carbocycles. The molecule has 1 aliphatic rings. The summed E-state index contributed by atoms with van der Waals surface area (Å²) in [7, 11) is 0. The number of allylic oxidation sites excluding steroid dienone is 4. The number of hydrogen-bond acceptors (Lipinski definition) is 6. The molecule has 1 unspecified atom stereocenters. The molecule has 1 aromatic heterocycles. The Labute approximate surface area is 188 Å². The van der Waals surface area contributed by atoms with E-state index in [4.69, 9.17) is 9.84 Å². The van der Waals surface area contributed by atoms with Gasteiger partial charge in [0.1, 0.15) is 5.75 Å². The summed E-state index contributed by atoms with van der Waals surface area (Å²) < 4.78 is 5.76. The third-order valence-corrected chi connectivity index (χ3v) is 5.84. The molecular formula is C24H31N3O3S. The van der Waals surface area contributed by atoms with Crippen LogP contribution >= 0.6 is 11.3 Å². The topological polar surface area (TPSA) is 83.5 Å². The van der Waals surface area contributed by atoms with Gasteiger partial charge in [-0.15, -0.1) is 11.3 Å². The highest BCUT2D eigenvalue weighted by Crippen LogP contribution is 2.28. The van der Waals surface area contributed by atoms with Crippen LogP contribution < -0.4 is 15.4 Å². The van der Waals surface area contributed by atoms with Gasteiger partial charge in [0.25, 0.3) is 0 Å². The van der Waals surface area contributed by atoms with E-state index in [2.05, 4.69) is 40.8 Å². The maximum absolute atomic E-state index is 12.5. The van der Waals surface area contributed by atoms with Crippen LogP contribution in [0.15, 0.2) is 47.9 Å². The monoisotopic (exact) mass is 441 g/mol. The largest absolute Gasteiger partial charge is 0.494 e. The molecule has 3 rings (SSSR count). The minimum Gasteiger partial charge on any atom is -0.494 e. The van der Waals surface area contributed by atoms with Gasteiger partial charge in [0.05, 0.1) is 25.3 Å². The maximum atomic E-state index is 12.5. The van der Waals surface area contributed by atoms with Crippen molar-refractivity contribution in [3.63, 3.8) is 0 Å². The van der Waals surface area contributed by atoms with Crippen molar-refractivity contribution in [1.82, 2.24) is 10.3 Å². The summed E-state index contributed by atoms with van der Waals surface area (Å²) in [4.78, 5) is 17.1. The number of amides is 1. The first-order chi connectivity index (χ1) is 15.2. The summed E-state index contributed by atoms with van der Waals surface area (Å²) in [5.74, 6) is 1.28. The Balaban J connectivity index is 1.46. The number of nitrogens with one attached hydrogen (secondary N) is 2. The summed E-state index contributed by atoms with van der Waals surface area (Å²) >= 11 is 1.45. The predicted octanol–water partition coefficient (Wildman–Crippen LogP) is 4.04. The second kappa shape index (κ2) is 12.4. The number of hydrogen-bond donors (Lipinski definition) is 3. The molecule has 1 atom stereocenters. The molecule has 31 heavy (non-hydrogen) atoms. The van der Waals surface area contributed by atoms with Gasteiger partial charge in [0.15, 0.2) is 5.13 Å². The van der Waals surface area contributed by atoms with Gasteiger partial charge < -0.3 is 20.5 Å². The number of thiazole rings is 1. The number of rotatable bonds is 12. The van der Waals surface area contributed by atoms with E-state index in [-0.39, 0.29) is 18.9 Å². The van der Waals surface area contributed by atoms with E-state index in [1.54, 1.807) is 0 Å². The molecule has 0 spiro atoms. The molecule has 6 nitrogen and oxygen atoms in total. The van der Waals surface area contributed by atoms with Crippen LogP contribution in [0.2, 0.25) is 0 Å². The number of carbonyl (C=O) groups excluding carboxylic acids is 1. The quantitative estimate of drug-likeness (QED) is 0.433. The number of aromatic nitrogens is 1. The van der Waals surface area contributed by atoms with Crippen molar-refractivity contribution in [1.29, 1.82) is 0 Å². The number of nitrogens with zero attached hydrogens (tertiary/aromatic N) is 1. The van der Waals surface area contributed by atoms with E-state index in [0.717, 1.165) is 48.4 Å². The molecule has 0 saturated heterocycles. The summed E-state index contributed by atoms with van der Waals surface area (Å²) in [5, 5.41) is 17.4. The molecule has 7 heteroatoms. The van der Waals surface area contributed by atoms with Crippen LogP contribution in [0.4, 0.5) is 5.13 Å². The molecule has 0 saturated carbocycles. The Morgan fingerprint density at radius 1 is 1.35 bits per heavy atom. The second-order valence-electron chi connectivity index (χ2n) is 7.51. The number of aliphatic hydroxyl groups is 1. The molecule has 0 radical (unpaired) electrons. The molecule has 0 fully saturated rings. The molecule has 2 aromatic rings. The predicted molar refractivity (Wildman–Crippen MR) is 126 cm³/mol. The zero-order chi connectivity index (χ0) is 21.9. The maximum Gasteiger partial charge on any atom is 0.230 e.